The van der Waals surface area contributed by atoms with Gasteiger partial charge in [0.25, 0.3) is 11.8 Å². The molecular weight excluding hydrogens is 977 g/mol. The molecular formula is C53H54N6O14S. The number of ether oxygens (including phenoxy) is 7. The Bertz CT molecular complexity index is 3170. The minimum absolute atomic E-state index is 0.0733. The molecule has 386 valence electrons. The highest BCUT2D eigenvalue weighted by Gasteiger charge is 2.48. The predicted octanol–water partition coefficient (Wildman–Crippen LogP) is 6.62. The van der Waals surface area contributed by atoms with E-state index >= 15 is 0 Å². The van der Waals surface area contributed by atoms with Gasteiger partial charge in [0.15, 0.2) is 35.5 Å². The number of hydrogen-bond donors (Lipinski definition) is 2. The molecule has 0 fully saturated rings. The van der Waals surface area contributed by atoms with Gasteiger partial charge in [0, 0.05) is 39.4 Å². The number of hydrogen-bond acceptors (Lipinski definition) is 14. The number of carbonyl (C=O) groups is 4. The first-order valence-corrected chi connectivity index (χ1v) is 24.9. The van der Waals surface area contributed by atoms with Crippen molar-refractivity contribution in [2.24, 2.45) is 0 Å². The first-order chi connectivity index (χ1) is 35.7. The average molecular weight is 1030 g/mol. The number of pyridine rings is 1. The monoisotopic (exact) mass is 1030 g/mol. The van der Waals surface area contributed by atoms with Crippen LogP contribution in [-0.4, -0.2) is 125 Å². The van der Waals surface area contributed by atoms with Gasteiger partial charge in [-0.25, -0.2) is 32.5 Å². The number of carbonyl (C=O) groups excluding carboxylic acids is 3. The molecule has 5 heterocycles. The average Bonchev–Trinajstić information content (AvgIpc) is 3.59. The fourth-order valence-electron chi connectivity index (χ4n) is 9.92. The second kappa shape index (κ2) is 21.2. The van der Waals surface area contributed by atoms with Crippen molar-refractivity contribution < 1.29 is 65.9 Å². The second-order valence-corrected chi connectivity index (χ2v) is 19.4. The van der Waals surface area contributed by atoms with Crippen molar-refractivity contribution in [3.05, 3.63) is 149 Å². The molecule has 4 aliphatic rings. The van der Waals surface area contributed by atoms with E-state index in [0.29, 0.717) is 17.8 Å². The zero-order valence-corrected chi connectivity index (χ0v) is 42.0. The summed E-state index contributed by atoms with van der Waals surface area (Å²) in [5.41, 5.74) is 4.85. The molecule has 0 saturated carbocycles. The Morgan fingerprint density at radius 1 is 0.743 bits per heavy atom. The molecule has 0 spiro atoms. The third-order valence-electron chi connectivity index (χ3n) is 13.5. The third-order valence-corrected chi connectivity index (χ3v) is 14.9. The van der Waals surface area contributed by atoms with Crippen LogP contribution in [-0.2, 0) is 50.4 Å². The van der Waals surface area contributed by atoms with Gasteiger partial charge in [-0.3, -0.25) is 14.6 Å². The molecule has 1 aromatic heterocycles. The van der Waals surface area contributed by atoms with Gasteiger partial charge in [0.1, 0.15) is 19.8 Å². The number of carboxylic acid groups (broad SMARTS) is 1. The predicted molar refractivity (Wildman–Crippen MR) is 269 cm³/mol. The van der Waals surface area contributed by atoms with Gasteiger partial charge in [-0.15, -0.1) is 0 Å². The molecule has 5 aromatic rings. The van der Waals surface area contributed by atoms with Crippen LogP contribution in [0.4, 0.5) is 21.0 Å². The van der Waals surface area contributed by atoms with Crippen molar-refractivity contribution in [3.63, 3.8) is 0 Å². The number of sulfonamides is 1. The topological polar surface area (TPSA) is 225 Å². The Kier molecular flexibility index (Phi) is 14.6. The quantitative estimate of drug-likeness (QED) is 0.105. The number of rotatable bonds is 15. The van der Waals surface area contributed by atoms with Crippen molar-refractivity contribution in [1.29, 1.82) is 0 Å². The summed E-state index contributed by atoms with van der Waals surface area (Å²) in [4.78, 5) is 66.5. The molecule has 0 saturated heterocycles. The van der Waals surface area contributed by atoms with Gasteiger partial charge in [0.2, 0.25) is 10.0 Å². The summed E-state index contributed by atoms with van der Waals surface area (Å²) in [6.45, 7) is 3.73. The lowest BCUT2D eigenvalue weighted by Gasteiger charge is -2.40. The van der Waals surface area contributed by atoms with E-state index in [1.54, 1.807) is 40.1 Å². The minimum Gasteiger partial charge on any atom is -0.493 e. The van der Waals surface area contributed by atoms with Crippen molar-refractivity contribution in [3.8, 4) is 23.0 Å². The smallest absolute Gasteiger partial charge is 0.416 e. The number of methoxy groups -OCH3 is 4. The molecule has 4 amide bonds. The molecule has 2 unspecified atom stereocenters. The van der Waals surface area contributed by atoms with Gasteiger partial charge in [-0.05, 0) is 78.6 Å². The van der Waals surface area contributed by atoms with E-state index in [-0.39, 0.29) is 95.6 Å². The van der Waals surface area contributed by atoms with E-state index in [4.69, 9.17) is 38.1 Å². The normalized spacial score (nSPS) is 19.1. The van der Waals surface area contributed by atoms with Crippen LogP contribution in [0.25, 0.3) is 5.57 Å². The summed E-state index contributed by atoms with van der Waals surface area (Å²) in [7, 11) is 3.35. The lowest BCUT2D eigenvalue weighted by Crippen LogP contribution is -2.56. The highest BCUT2D eigenvalue weighted by molar-refractivity contribution is 7.89. The molecule has 0 radical (unpaired) electrons. The van der Waals surface area contributed by atoms with Crippen LogP contribution in [0.5, 0.6) is 23.0 Å². The SMILES string of the molecule is C=CCOC(=O)N1c2cc(OCc3cccc(COc4cc5c(cc4OC)C(=O)N4Cc6ccccc6C[C@H]4C(OC)N5C(=O)O)n3)c(OC)cc2C(=O)N2CC=C(c3ccc(S(=O)(=O)NC)cc3)C[C@H]2C1OC. The fourth-order valence-corrected chi connectivity index (χ4v) is 10.7. The van der Waals surface area contributed by atoms with Crippen LogP contribution in [0, 0.1) is 0 Å². The number of anilines is 2. The van der Waals surface area contributed by atoms with Crippen LogP contribution < -0.4 is 33.5 Å². The molecule has 4 atom stereocenters. The van der Waals surface area contributed by atoms with Crippen LogP contribution in [0.2, 0.25) is 0 Å². The first kappa shape index (κ1) is 50.9. The first-order valence-electron chi connectivity index (χ1n) is 23.4. The van der Waals surface area contributed by atoms with Crippen molar-refractivity contribution in [2.75, 3.05) is 58.4 Å². The molecule has 0 aliphatic carbocycles. The number of benzene rings is 4. The summed E-state index contributed by atoms with van der Waals surface area (Å²) in [6.07, 6.45) is -0.331. The van der Waals surface area contributed by atoms with Crippen molar-refractivity contribution >= 4 is 51.0 Å². The lowest BCUT2D eigenvalue weighted by atomic mass is 9.92. The largest absolute Gasteiger partial charge is 0.493 e. The minimum atomic E-state index is -3.68. The summed E-state index contributed by atoms with van der Waals surface area (Å²) in [6, 6.07) is 23.9. The van der Waals surface area contributed by atoms with Gasteiger partial charge >= 0.3 is 12.2 Å². The Balaban J connectivity index is 0.968. The number of fused-ring (bicyclic) bond motifs is 5. The maximum absolute atomic E-state index is 14.6. The second-order valence-electron chi connectivity index (χ2n) is 17.5. The Morgan fingerprint density at radius 2 is 1.31 bits per heavy atom. The number of aromatic nitrogens is 1. The zero-order valence-electron chi connectivity index (χ0n) is 41.2. The van der Waals surface area contributed by atoms with E-state index in [0.717, 1.165) is 27.2 Å². The molecule has 4 aliphatic heterocycles. The summed E-state index contributed by atoms with van der Waals surface area (Å²) in [5.74, 6) is -0.0915. The summed E-state index contributed by atoms with van der Waals surface area (Å²) < 4.78 is 68.8. The van der Waals surface area contributed by atoms with Crippen molar-refractivity contribution in [1.82, 2.24) is 19.5 Å². The highest BCUT2D eigenvalue weighted by Crippen LogP contribution is 2.45. The van der Waals surface area contributed by atoms with Crippen molar-refractivity contribution in [2.45, 2.75) is 62.0 Å². The van der Waals surface area contributed by atoms with Crippen LogP contribution >= 0.6 is 0 Å². The molecule has 2 N–H and O–H groups in total. The van der Waals surface area contributed by atoms with E-state index < -0.39 is 52.7 Å². The Morgan fingerprint density at radius 3 is 1.88 bits per heavy atom. The van der Waals surface area contributed by atoms with E-state index in [9.17, 15) is 32.7 Å². The summed E-state index contributed by atoms with van der Waals surface area (Å²) in [5, 5.41) is 10.6. The van der Waals surface area contributed by atoms with E-state index in [1.807, 2.05) is 30.3 Å². The maximum Gasteiger partial charge on any atom is 0.416 e. The molecule has 74 heavy (non-hydrogen) atoms. The Hall–Kier alpha value is -7.98. The van der Waals surface area contributed by atoms with Crippen LogP contribution in [0.1, 0.15) is 55.2 Å². The fraction of sp³-hybridized carbons (Fsp3) is 0.302. The van der Waals surface area contributed by atoms with Gasteiger partial charge in [-0.1, -0.05) is 61.2 Å². The van der Waals surface area contributed by atoms with Crippen LogP contribution in [0.3, 0.4) is 0 Å². The molecule has 9 rings (SSSR count). The molecule has 4 aromatic carbocycles. The zero-order chi connectivity index (χ0) is 52.4. The summed E-state index contributed by atoms with van der Waals surface area (Å²) >= 11 is 0. The number of nitrogens with one attached hydrogen (secondary N) is 1. The van der Waals surface area contributed by atoms with Gasteiger partial charge in [-0.2, -0.15) is 0 Å². The van der Waals surface area contributed by atoms with Gasteiger partial charge < -0.3 is 48.1 Å². The molecule has 21 heteroatoms. The maximum atomic E-state index is 14.6. The standard InChI is InChI=1S/C53H54N6O14S/c1-7-21-71-53(64)59-41-27-47(45(68-4)25-39(41)48(60)56-20-19-33(23-42(56)51(59)70-6)31-15-17-37(18-16-31)74(65,66)54-2)73-30-36-14-10-13-35(55-36)29-72-46-26-40-38(24-44(46)67-3)49(61)57-28-34-12-9-8-11-32(34)22-43(57)50(69-5)58(40)52(62)63/h7-19,24-27,42-43,50-51,54H,1,20-23,28-30H2,2-6H3,(H,62,63)/t42-,43-,50?,51?/m0/s1. The Labute approximate surface area is 427 Å². The lowest BCUT2D eigenvalue weighted by molar-refractivity contribution is 0.00998. The van der Waals surface area contributed by atoms with Gasteiger partial charge in [0.05, 0.1) is 65.1 Å². The molecule has 0 bridgehead atoms. The number of nitrogens with zero attached hydrogens (tertiary/aromatic N) is 5. The molecule has 20 nitrogen and oxygen atoms in total. The third kappa shape index (κ3) is 9.57. The highest BCUT2D eigenvalue weighted by atomic mass is 32.2. The van der Waals surface area contributed by atoms with E-state index in [1.165, 1.54) is 82.9 Å². The van der Waals surface area contributed by atoms with Crippen LogP contribution in [0.15, 0.2) is 115 Å². The number of amides is 4. The van der Waals surface area contributed by atoms with E-state index in [2.05, 4.69) is 11.3 Å².